The van der Waals surface area contributed by atoms with Crippen LogP contribution in [0, 0.1) is 5.92 Å². The second-order valence-corrected chi connectivity index (χ2v) is 12.1. The van der Waals surface area contributed by atoms with Crippen molar-refractivity contribution in [2.24, 2.45) is 5.92 Å². The molecule has 0 spiro atoms. The van der Waals surface area contributed by atoms with Gasteiger partial charge in [-0.1, -0.05) is 6.07 Å². The maximum Gasteiger partial charge on any atom is 0.255 e. The SMILES string of the molecule is COC[C@@H]1CN(Cc2ccc3ncc(N4CCOCC4)cc3c2)C[C@H]1Oc1ccc2c(c1)CN([C@H]1CCC(=O)NC1=O)C2=O. The zero-order chi connectivity index (χ0) is 30.2. The largest absolute Gasteiger partial charge is 0.489 e. The van der Waals surface area contributed by atoms with Gasteiger partial charge < -0.3 is 24.0 Å². The Morgan fingerprint density at radius 1 is 1.05 bits per heavy atom. The van der Waals surface area contributed by atoms with E-state index in [-0.39, 0.29) is 30.3 Å². The average Bonchev–Trinajstić information content (AvgIpc) is 3.56. The number of amides is 3. The number of nitrogens with zero attached hydrogens (tertiary/aromatic N) is 4. The number of carbonyl (C=O) groups excluding carboxylic acids is 3. The van der Waals surface area contributed by atoms with Crippen LogP contribution in [0.4, 0.5) is 5.69 Å². The average molecular weight is 600 g/mol. The highest BCUT2D eigenvalue weighted by Crippen LogP contribution is 2.32. The molecular weight excluding hydrogens is 562 g/mol. The van der Waals surface area contributed by atoms with Crippen molar-refractivity contribution in [1.29, 1.82) is 0 Å². The highest BCUT2D eigenvalue weighted by molar-refractivity contribution is 6.05. The number of piperidine rings is 1. The standard InChI is InChI=1S/C33H37N5O6/c1-42-20-24-17-36(16-21-2-5-28-22(12-21)13-25(15-34-28)37-8-10-43-11-9-37)19-30(24)44-26-3-4-27-23(14-26)18-38(33(27)41)29-6-7-31(39)35-32(29)40/h2-5,12-15,24,29-30H,6-11,16-20H2,1H3,(H,35,39,40)/t24-,29-,30+/m0/s1. The van der Waals surface area contributed by atoms with Crippen molar-refractivity contribution in [1.82, 2.24) is 20.1 Å². The molecule has 3 atom stereocenters. The van der Waals surface area contributed by atoms with E-state index in [4.69, 9.17) is 19.2 Å². The van der Waals surface area contributed by atoms with Crippen molar-refractivity contribution < 1.29 is 28.6 Å². The van der Waals surface area contributed by atoms with Gasteiger partial charge in [-0.2, -0.15) is 0 Å². The van der Waals surface area contributed by atoms with Crippen LogP contribution in [0.2, 0.25) is 0 Å². The maximum atomic E-state index is 13.1. The first-order valence-corrected chi connectivity index (χ1v) is 15.3. The van der Waals surface area contributed by atoms with Gasteiger partial charge in [-0.15, -0.1) is 0 Å². The zero-order valence-corrected chi connectivity index (χ0v) is 24.9. The molecule has 1 N–H and O–H groups in total. The first kappa shape index (κ1) is 28.7. The summed E-state index contributed by atoms with van der Waals surface area (Å²) in [5, 5.41) is 3.48. The monoisotopic (exact) mass is 599 g/mol. The fourth-order valence-electron chi connectivity index (χ4n) is 6.88. The molecule has 0 bridgehead atoms. The third-order valence-corrected chi connectivity index (χ3v) is 9.13. The van der Waals surface area contributed by atoms with Gasteiger partial charge >= 0.3 is 0 Å². The number of benzene rings is 2. The summed E-state index contributed by atoms with van der Waals surface area (Å²) in [6, 6.07) is 13.6. The number of rotatable bonds is 8. The lowest BCUT2D eigenvalue weighted by molar-refractivity contribution is -0.136. The summed E-state index contributed by atoms with van der Waals surface area (Å²) in [7, 11) is 1.71. The number of nitrogens with one attached hydrogen (secondary N) is 1. The molecule has 3 aromatic rings. The summed E-state index contributed by atoms with van der Waals surface area (Å²) in [6.45, 7) is 6.51. The molecule has 3 amide bonds. The normalized spacial score (nSPS) is 24.2. The molecule has 4 aliphatic heterocycles. The molecule has 4 aliphatic rings. The first-order valence-electron chi connectivity index (χ1n) is 15.3. The molecule has 7 rings (SSSR count). The molecule has 11 nitrogen and oxygen atoms in total. The molecule has 5 heterocycles. The van der Waals surface area contributed by atoms with Crippen LogP contribution in [0.3, 0.4) is 0 Å². The van der Waals surface area contributed by atoms with E-state index in [0.717, 1.165) is 68.1 Å². The van der Waals surface area contributed by atoms with Crippen molar-refractivity contribution in [3.8, 4) is 5.75 Å². The molecule has 0 saturated carbocycles. The number of methoxy groups -OCH3 is 1. The Morgan fingerprint density at radius 3 is 2.73 bits per heavy atom. The topological polar surface area (TPSA) is 114 Å². The Kier molecular flexibility index (Phi) is 7.92. The Hall–Kier alpha value is -4.06. The van der Waals surface area contributed by atoms with E-state index in [1.165, 1.54) is 5.56 Å². The summed E-state index contributed by atoms with van der Waals surface area (Å²) < 4.78 is 17.6. The quantitative estimate of drug-likeness (QED) is 0.390. The molecular formula is C33H37N5O6. The van der Waals surface area contributed by atoms with Gasteiger partial charge in [0.05, 0.1) is 37.2 Å². The number of hydrogen-bond donors (Lipinski definition) is 1. The van der Waals surface area contributed by atoms with E-state index < -0.39 is 11.9 Å². The number of morpholine rings is 1. The molecule has 2 aromatic carbocycles. The Morgan fingerprint density at radius 2 is 1.91 bits per heavy atom. The van der Waals surface area contributed by atoms with E-state index in [9.17, 15) is 14.4 Å². The minimum absolute atomic E-state index is 0.0774. The predicted octanol–water partition coefficient (Wildman–Crippen LogP) is 2.36. The number of likely N-dealkylation sites (tertiary alicyclic amines) is 1. The number of hydrogen-bond acceptors (Lipinski definition) is 9. The van der Waals surface area contributed by atoms with Crippen molar-refractivity contribution in [2.45, 2.75) is 38.1 Å². The van der Waals surface area contributed by atoms with Crippen molar-refractivity contribution in [3.05, 3.63) is 65.4 Å². The van der Waals surface area contributed by atoms with Gasteiger partial charge in [0.1, 0.15) is 17.9 Å². The van der Waals surface area contributed by atoms with Gasteiger partial charge in [0, 0.05) is 69.7 Å². The van der Waals surface area contributed by atoms with Gasteiger partial charge in [0.25, 0.3) is 5.91 Å². The number of pyridine rings is 1. The number of aromatic nitrogens is 1. The predicted molar refractivity (Wildman–Crippen MR) is 162 cm³/mol. The Balaban J connectivity index is 1.03. The highest BCUT2D eigenvalue weighted by atomic mass is 16.5. The van der Waals surface area contributed by atoms with Gasteiger partial charge in [0.2, 0.25) is 11.8 Å². The summed E-state index contributed by atoms with van der Waals surface area (Å²) in [4.78, 5) is 48.1. The van der Waals surface area contributed by atoms with Gasteiger partial charge in [-0.05, 0) is 53.9 Å². The van der Waals surface area contributed by atoms with Crippen LogP contribution in [-0.2, 0) is 32.2 Å². The van der Waals surface area contributed by atoms with Crippen LogP contribution in [0.25, 0.3) is 10.9 Å². The Labute approximate surface area is 256 Å². The number of imide groups is 1. The molecule has 3 fully saturated rings. The molecule has 0 radical (unpaired) electrons. The summed E-state index contributed by atoms with van der Waals surface area (Å²) >= 11 is 0. The molecule has 230 valence electrons. The number of anilines is 1. The third-order valence-electron chi connectivity index (χ3n) is 9.13. The molecule has 1 aromatic heterocycles. The van der Waals surface area contributed by atoms with E-state index in [2.05, 4.69) is 39.4 Å². The highest BCUT2D eigenvalue weighted by Gasteiger charge is 2.40. The zero-order valence-electron chi connectivity index (χ0n) is 24.9. The summed E-state index contributed by atoms with van der Waals surface area (Å²) in [6.07, 6.45) is 2.45. The molecule has 0 unspecified atom stereocenters. The lowest BCUT2D eigenvalue weighted by atomic mass is 10.0. The molecule has 0 aliphatic carbocycles. The second kappa shape index (κ2) is 12.1. The maximum absolute atomic E-state index is 13.1. The minimum atomic E-state index is -0.636. The van der Waals surface area contributed by atoms with Crippen LogP contribution in [0.15, 0.2) is 48.7 Å². The summed E-state index contributed by atoms with van der Waals surface area (Å²) in [5.74, 6) is -0.00893. The van der Waals surface area contributed by atoms with Crippen LogP contribution in [0.1, 0.15) is 34.3 Å². The number of fused-ring (bicyclic) bond motifs is 2. The molecule has 44 heavy (non-hydrogen) atoms. The van der Waals surface area contributed by atoms with Crippen molar-refractivity contribution >= 4 is 34.3 Å². The van der Waals surface area contributed by atoms with Gasteiger partial charge in [0.15, 0.2) is 0 Å². The van der Waals surface area contributed by atoms with E-state index >= 15 is 0 Å². The van der Waals surface area contributed by atoms with Crippen LogP contribution >= 0.6 is 0 Å². The molecule has 11 heteroatoms. The van der Waals surface area contributed by atoms with E-state index in [1.54, 1.807) is 18.1 Å². The number of carbonyl (C=O) groups is 3. The minimum Gasteiger partial charge on any atom is -0.489 e. The lowest BCUT2D eigenvalue weighted by Crippen LogP contribution is -2.52. The number of ether oxygens (including phenoxy) is 3. The lowest BCUT2D eigenvalue weighted by Gasteiger charge is -2.29. The van der Waals surface area contributed by atoms with Crippen LogP contribution in [0.5, 0.6) is 5.75 Å². The fourth-order valence-corrected chi connectivity index (χ4v) is 6.88. The van der Waals surface area contributed by atoms with E-state index in [0.29, 0.717) is 30.9 Å². The van der Waals surface area contributed by atoms with Crippen molar-refractivity contribution in [2.75, 3.05) is 58.0 Å². The molecule has 3 saturated heterocycles. The van der Waals surface area contributed by atoms with Gasteiger partial charge in [-0.3, -0.25) is 29.6 Å². The van der Waals surface area contributed by atoms with Gasteiger partial charge in [-0.25, -0.2) is 0 Å². The fraction of sp³-hybridized carbons (Fsp3) is 0.455. The van der Waals surface area contributed by atoms with Crippen molar-refractivity contribution in [3.63, 3.8) is 0 Å². The van der Waals surface area contributed by atoms with Crippen LogP contribution in [-0.4, -0.2) is 97.8 Å². The van der Waals surface area contributed by atoms with Crippen LogP contribution < -0.4 is 15.0 Å². The van der Waals surface area contributed by atoms with E-state index in [1.807, 2.05) is 18.3 Å². The third kappa shape index (κ3) is 5.74. The Bertz CT molecular complexity index is 1590. The first-order chi connectivity index (χ1) is 21.4. The second-order valence-electron chi connectivity index (χ2n) is 12.1. The smallest absolute Gasteiger partial charge is 0.255 e. The summed E-state index contributed by atoms with van der Waals surface area (Å²) in [5.41, 5.74) is 4.74.